The molecule has 0 bridgehead atoms. The SMILES string of the molecule is C[C@H](CCC(=O)NCC(=O)[O-])[C@H]1CC[C@H]2[C@@H]3CC[C@@H]4C[C@H](OS(=O)(=O)[O-])CC[C@]4(C)[C@H]3C[C@H](O)[C@]12C. The van der Waals surface area contributed by atoms with Crippen molar-refractivity contribution >= 4 is 22.3 Å². The second-order valence-corrected chi connectivity index (χ2v) is 13.5. The van der Waals surface area contributed by atoms with Gasteiger partial charge in [-0.2, -0.15) is 0 Å². The van der Waals surface area contributed by atoms with Crippen molar-refractivity contribution in [2.75, 3.05) is 6.54 Å². The van der Waals surface area contributed by atoms with Gasteiger partial charge in [0, 0.05) is 6.42 Å². The van der Waals surface area contributed by atoms with Gasteiger partial charge in [0.2, 0.25) is 16.3 Å². The number of carboxylic acids is 1. The van der Waals surface area contributed by atoms with Crippen LogP contribution in [0.25, 0.3) is 0 Å². The van der Waals surface area contributed by atoms with Crippen LogP contribution in [0.2, 0.25) is 0 Å². The highest BCUT2D eigenvalue weighted by molar-refractivity contribution is 7.80. The zero-order valence-corrected chi connectivity index (χ0v) is 22.4. The third kappa shape index (κ3) is 5.20. The topological polar surface area (TPSA) is 156 Å². The molecule has 2 N–H and O–H groups in total. The molecular formula is C26H41NO8S-2. The first-order chi connectivity index (χ1) is 16.8. The van der Waals surface area contributed by atoms with Crippen molar-refractivity contribution in [3.05, 3.63) is 0 Å². The lowest BCUT2D eigenvalue weighted by Crippen LogP contribution is -2.59. The Balaban J connectivity index is 1.43. The summed E-state index contributed by atoms with van der Waals surface area (Å²) in [5, 5.41) is 24.6. The summed E-state index contributed by atoms with van der Waals surface area (Å²) in [6, 6.07) is 0. The number of fused-ring (bicyclic) bond motifs is 5. The van der Waals surface area contributed by atoms with Crippen LogP contribution in [0.5, 0.6) is 0 Å². The van der Waals surface area contributed by atoms with Gasteiger partial charge in [0.25, 0.3) is 0 Å². The lowest BCUT2D eigenvalue weighted by molar-refractivity contribution is -0.304. The maximum Gasteiger partial charge on any atom is 0.220 e. The average molecular weight is 528 g/mol. The third-order valence-corrected chi connectivity index (χ3v) is 11.5. The predicted molar refractivity (Wildman–Crippen MR) is 128 cm³/mol. The number of nitrogens with one attached hydrogen (secondary N) is 1. The van der Waals surface area contributed by atoms with E-state index in [2.05, 4.69) is 26.1 Å². The number of aliphatic carboxylic acids is 1. The summed E-state index contributed by atoms with van der Waals surface area (Å²) in [4.78, 5) is 22.6. The van der Waals surface area contributed by atoms with Crippen LogP contribution in [0.3, 0.4) is 0 Å². The Labute approximate surface area is 214 Å². The Morgan fingerprint density at radius 2 is 1.83 bits per heavy atom. The maximum atomic E-state index is 12.0. The van der Waals surface area contributed by atoms with E-state index >= 15 is 0 Å². The van der Waals surface area contributed by atoms with E-state index in [1.54, 1.807) is 0 Å². The number of aliphatic hydroxyl groups excluding tert-OH is 1. The minimum Gasteiger partial charge on any atom is -0.726 e. The summed E-state index contributed by atoms with van der Waals surface area (Å²) < 4.78 is 38.3. The smallest absolute Gasteiger partial charge is 0.220 e. The molecule has 0 saturated heterocycles. The lowest BCUT2D eigenvalue weighted by atomic mass is 9.43. The molecule has 4 aliphatic rings. The molecule has 9 nitrogen and oxygen atoms in total. The van der Waals surface area contributed by atoms with E-state index in [1.165, 1.54) is 0 Å². The summed E-state index contributed by atoms with van der Waals surface area (Å²) in [5.74, 6) is 0.485. The summed E-state index contributed by atoms with van der Waals surface area (Å²) in [6.07, 6.45) is 6.68. The van der Waals surface area contributed by atoms with E-state index in [0.29, 0.717) is 42.9 Å². The normalized spacial score (nSPS) is 43.1. The van der Waals surface area contributed by atoms with Gasteiger partial charge in [-0.25, -0.2) is 8.42 Å². The second kappa shape index (κ2) is 10.2. The predicted octanol–water partition coefficient (Wildman–Crippen LogP) is 1.74. The van der Waals surface area contributed by atoms with E-state index in [4.69, 9.17) is 4.18 Å². The highest BCUT2D eigenvalue weighted by Crippen LogP contribution is 2.68. The van der Waals surface area contributed by atoms with Gasteiger partial charge in [-0.05, 0) is 104 Å². The number of carboxylic acid groups (broad SMARTS) is 1. The van der Waals surface area contributed by atoms with Crippen LogP contribution in [-0.4, -0.2) is 48.7 Å². The van der Waals surface area contributed by atoms with Crippen LogP contribution in [0.1, 0.15) is 85.0 Å². The van der Waals surface area contributed by atoms with Crippen molar-refractivity contribution in [2.24, 2.45) is 46.3 Å². The number of hydrogen-bond acceptors (Lipinski definition) is 8. The molecule has 4 fully saturated rings. The Bertz CT molecular complexity index is 956. The summed E-state index contributed by atoms with van der Waals surface area (Å²) >= 11 is 0. The fourth-order valence-corrected chi connectivity index (χ4v) is 9.72. The number of carbonyl (C=O) groups excluding carboxylic acids is 2. The zero-order chi connectivity index (χ0) is 26.5. The first-order valence-corrected chi connectivity index (χ1v) is 14.9. The molecular weight excluding hydrogens is 486 g/mol. The number of amides is 1. The van der Waals surface area contributed by atoms with Gasteiger partial charge in [-0.15, -0.1) is 0 Å². The van der Waals surface area contributed by atoms with Crippen molar-refractivity contribution in [2.45, 2.75) is 97.2 Å². The molecule has 0 aromatic carbocycles. The van der Waals surface area contributed by atoms with Crippen LogP contribution in [0.15, 0.2) is 0 Å². The second-order valence-electron chi connectivity index (χ2n) is 12.5. The van der Waals surface area contributed by atoms with E-state index < -0.39 is 35.1 Å². The van der Waals surface area contributed by atoms with Gasteiger partial charge >= 0.3 is 0 Å². The molecule has 0 heterocycles. The Morgan fingerprint density at radius 3 is 2.50 bits per heavy atom. The van der Waals surface area contributed by atoms with E-state index in [0.717, 1.165) is 38.5 Å². The molecule has 10 heteroatoms. The fraction of sp³-hybridized carbons (Fsp3) is 0.923. The Kier molecular flexibility index (Phi) is 7.84. The van der Waals surface area contributed by atoms with Gasteiger partial charge in [-0.1, -0.05) is 20.8 Å². The molecule has 0 aromatic rings. The van der Waals surface area contributed by atoms with Gasteiger partial charge in [0.05, 0.1) is 24.7 Å². The summed E-state index contributed by atoms with van der Waals surface area (Å²) in [6.45, 7) is 6.21. The molecule has 4 saturated carbocycles. The van der Waals surface area contributed by atoms with Gasteiger partial charge in [0.15, 0.2) is 0 Å². The van der Waals surface area contributed by atoms with Gasteiger partial charge < -0.3 is 24.9 Å². The molecule has 0 radical (unpaired) electrons. The minimum absolute atomic E-state index is 0.00147. The minimum atomic E-state index is -4.71. The Hall–Kier alpha value is -1.23. The van der Waals surface area contributed by atoms with Crippen LogP contribution in [0, 0.1) is 46.3 Å². The summed E-state index contributed by atoms with van der Waals surface area (Å²) in [7, 11) is -4.71. The standard InChI is InChI=1S/C26H43NO8S/c1-15(4-9-23(29)27-14-24(30)31)19-7-8-20-18-6-5-16-12-17(35-36(32,33)34)10-11-25(16,2)21(18)13-22(28)26(19,20)3/h15-22,28H,4-14H2,1-3H3,(H,27,29)(H,30,31)(H,32,33,34)/p-2/t15-,16-,17-,18+,19-,20+,21+,22+,25+,26-/m1/s1. The lowest BCUT2D eigenvalue weighted by Gasteiger charge is -2.62. The van der Waals surface area contributed by atoms with Gasteiger partial charge in [-0.3, -0.25) is 8.98 Å². The fourth-order valence-electron chi connectivity index (χ4n) is 9.22. The van der Waals surface area contributed by atoms with Crippen molar-refractivity contribution in [3.63, 3.8) is 0 Å². The molecule has 206 valence electrons. The number of carbonyl (C=O) groups is 2. The van der Waals surface area contributed by atoms with E-state index in [1.807, 2.05) is 0 Å². The van der Waals surface area contributed by atoms with Crippen molar-refractivity contribution in [1.29, 1.82) is 0 Å². The molecule has 36 heavy (non-hydrogen) atoms. The summed E-state index contributed by atoms with van der Waals surface area (Å²) in [5.41, 5.74) is -0.222. The van der Waals surface area contributed by atoms with E-state index in [-0.39, 0.29) is 35.0 Å². The average Bonchev–Trinajstić information content (AvgIpc) is 3.15. The molecule has 10 atom stereocenters. The molecule has 4 rings (SSSR count). The number of rotatable bonds is 8. The van der Waals surface area contributed by atoms with Crippen molar-refractivity contribution in [3.8, 4) is 0 Å². The van der Waals surface area contributed by atoms with Crippen LogP contribution in [-0.2, 0) is 24.2 Å². The molecule has 0 spiro atoms. The molecule has 0 unspecified atom stereocenters. The molecule has 0 aliphatic heterocycles. The molecule has 1 amide bonds. The monoisotopic (exact) mass is 527 g/mol. The molecule has 0 aromatic heterocycles. The van der Waals surface area contributed by atoms with Crippen LogP contribution >= 0.6 is 0 Å². The van der Waals surface area contributed by atoms with Crippen LogP contribution < -0.4 is 10.4 Å². The first kappa shape index (κ1) is 27.8. The molecule has 4 aliphatic carbocycles. The van der Waals surface area contributed by atoms with Crippen molar-refractivity contribution < 1.29 is 37.0 Å². The highest BCUT2D eigenvalue weighted by atomic mass is 32.3. The van der Waals surface area contributed by atoms with Gasteiger partial charge in [0.1, 0.15) is 0 Å². The largest absolute Gasteiger partial charge is 0.726 e. The quantitative estimate of drug-likeness (QED) is 0.357. The number of aliphatic hydroxyl groups is 1. The first-order valence-electron chi connectivity index (χ1n) is 13.5. The maximum absolute atomic E-state index is 12.0. The highest BCUT2D eigenvalue weighted by Gasteiger charge is 2.63. The Morgan fingerprint density at radius 1 is 1.11 bits per heavy atom. The zero-order valence-electron chi connectivity index (χ0n) is 21.6. The van der Waals surface area contributed by atoms with Crippen LogP contribution in [0.4, 0.5) is 0 Å². The third-order valence-electron chi connectivity index (χ3n) is 11.0. The number of hydrogen-bond donors (Lipinski definition) is 2. The van der Waals surface area contributed by atoms with Crippen molar-refractivity contribution in [1.82, 2.24) is 5.32 Å². The van der Waals surface area contributed by atoms with E-state index in [9.17, 15) is 32.8 Å².